The van der Waals surface area contributed by atoms with Crippen LogP contribution in [0, 0.1) is 5.92 Å². The van der Waals surface area contributed by atoms with Gasteiger partial charge in [0, 0.05) is 87.9 Å². The van der Waals surface area contributed by atoms with Gasteiger partial charge in [-0.1, -0.05) is 53.8 Å². The number of nitrogens with one attached hydrogen (secondary N) is 5. The van der Waals surface area contributed by atoms with E-state index in [1.54, 1.807) is 24.3 Å². The van der Waals surface area contributed by atoms with Crippen molar-refractivity contribution in [3.05, 3.63) is 83.4 Å². The molecule has 0 bridgehead atoms. The van der Waals surface area contributed by atoms with E-state index in [4.69, 9.17) is 15.2 Å². The molecule has 4 aliphatic heterocycles. The zero-order chi connectivity index (χ0) is 63.5. The second kappa shape index (κ2) is 30.2. The van der Waals surface area contributed by atoms with Gasteiger partial charge in [-0.3, -0.25) is 38.4 Å². The molecule has 8 amide bonds. The number of aliphatic hydroxyl groups is 6. The maximum absolute atomic E-state index is 14.7. The van der Waals surface area contributed by atoms with Crippen LogP contribution in [0.4, 0.5) is 11.4 Å². The van der Waals surface area contributed by atoms with Crippen LogP contribution in [0.3, 0.4) is 0 Å². The second-order valence-corrected chi connectivity index (χ2v) is 23.7. The number of aliphatic hydroxyl groups excluding tert-OH is 6. The first-order chi connectivity index (χ1) is 42.0. The Morgan fingerprint density at radius 2 is 1.34 bits per heavy atom. The fraction of sp³-hybridized carbons (Fsp3) is 0.552. The van der Waals surface area contributed by atoms with Crippen molar-refractivity contribution in [1.82, 2.24) is 36.4 Å². The third-order valence-corrected chi connectivity index (χ3v) is 17.3. The molecule has 29 nitrogen and oxygen atoms in total. The quantitative estimate of drug-likeness (QED) is 0.0318. The van der Waals surface area contributed by atoms with E-state index in [0.29, 0.717) is 19.0 Å². The highest BCUT2D eigenvalue weighted by atomic mass is 32.2. The number of carbonyl (C=O) groups excluding carboxylic acids is 8. The van der Waals surface area contributed by atoms with Crippen LogP contribution in [0.5, 0.6) is 11.5 Å². The van der Waals surface area contributed by atoms with Crippen molar-refractivity contribution in [3.63, 3.8) is 0 Å². The van der Waals surface area contributed by atoms with E-state index in [-0.39, 0.29) is 29.2 Å². The maximum Gasteiger partial charge on any atom is 0.261 e. The number of fused-ring (bicyclic) bond motifs is 2. The van der Waals surface area contributed by atoms with Crippen LogP contribution >= 0.6 is 12.3 Å². The first-order valence-electron chi connectivity index (χ1n) is 29.3. The minimum absolute atomic E-state index is 0.0638. The van der Waals surface area contributed by atoms with E-state index in [0.717, 1.165) is 53.3 Å². The van der Waals surface area contributed by atoms with Crippen LogP contribution in [-0.2, 0) is 49.4 Å². The van der Waals surface area contributed by atoms with Crippen molar-refractivity contribution in [2.45, 2.75) is 150 Å². The van der Waals surface area contributed by atoms with E-state index in [1.807, 2.05) is 0 Å². The van der Waals surface area contributed by atoms with Crippen molar-refractivity contribution in [2.24, 2.45) is 11.7 Å². The van der Waals surface area contributed by atoms with Gasteiger partial charge >= 0.3 is 0 Å². The lowest BCUT2D eigenvalue weighted by Gasteiger charge is -2.37. The van der Waals surface area contributed by atoms with Crippen LogP contribution in [0.2, 0.25) is 0 Å². The average Bonchev–Trinajstić information content (AvgIpc) is 3.69. The summed E-state index contributed by atoms with van der Waals surface area (Å²) in [5.41, 5.74) is 8.95. The molecule has 1 saturated carbocycles. The number of aromatic hydroxyl groups is 1. The number of piperazine rings is 1. The topological polar surface area (TPSA) is 425 Å². The summed E-state index contributed by atoms with van der Waals surface area (Å²) in [5, 5.41) is 103. The van der Waals surface area contributed by atoms with Gasteiger partial charge in [0.05, 0.1) is 43.0 Å². The number of carbonyl (C=O) groups is 8. The first kappa shape index (κ1) is 66.6. The number of anilines is 2. The number of β-amino-alcohol motifs (C(OH)–C–C–N with tert-alkyl or cyclic N) is 1. The molecule has 4 saturated heterocycles. The number of nitrogens with two attached hydrogens (primary N) is 1. The van der Waals surface area contributed by atoms with Crippen LogP contribution in [-0.4, -0.2) is 217 Å². The predicted octanol–water partition coefficient (Wildman–Crippen LogP) is -2.05. The van der Waals surface area contributed by atoms with E-state index >= 15 is 0 Å². The fourth-order valence-corrected chi connectivity index (χ4v) is 12.4. The molecule has 3 aromatic carbocycles. The zero-order valence-electron chi connectivity index (χ0n) is 48.6. The van der Waals surface area contributed by atoms with Gasteiger partial charge in [-0.25, -0.2) is 5.26 Å². The monoisotopic (exact) mass is 1250 g/mol. The lowest BCUT2D eigenvalue weighted by atomic mass is 9.84. The molecule has 4 heterocycles. The number of amides is 8. The Morgan fingerprint density at radius 1 is 0.727 bits per heavy atom. The van der Waals surface area contributed by atoms with Gasteiger partial charge in [-0.05, 0) is 85.3 Å². The summed E-state index contributed by atoms with van der Waals surface area (Å²) in [6, 6.07) is 7.44. The summed E-state index contributed by atoms with van der Waals surface area (Å²) < 4.78 is 9.31. The van der Waals surface area contributed by atoms with Gasteiger partial charge in [0.25, 0.3) is 18.2 Å². The van der Waals surface area contributed by atoms with Crippen molar-refractivity contribution in [1.29, 1.82) is 0 Å². The number of benzene rings is 3. The fourth-order valence-electron chi connectivity index (χ4n) is 12.1. The van der Waals surface area contributed by atoms with Crippen LogP contribution in [0.25, 0.3) is 0 Å². The molecule has 13 atom stereocenters. The minimum atomic E-state index is -2.20. The van der Waals surface area contributed by atoms with E-state index in [1.165, 1.54) is 50.7 Å². The molecular weight excluding hydrogens is 1170 g/mol. The van der Waals surface area contributed by atoms with Gasteiger partial charge in [0.2, 0.25) is 41.4 Å². The lowest BCUT2D eigenvalue weighted by molar-refractivity contribution is -0.433. The van der Waals surface area contributed by atoms with Crippen LogP contribution in [0.15, 0.2) is 66.7 Å². The van der Waals surface area contributed by atoms with Gasteiger partial charge in [0.15, 0.2) is 11.5 Å². The van der Waals surface area contributed by atoms with E-state index in [9.17, 15) is 74.1 Å². The highest BCUT2D eigenvalue weighted by Gasteiger charge is 2.50. The number of phenols is 1. The summed E-state index contributed by atoms with van der Waals surface area (Å²) >= 11 is 0.0638. The van der Waals surface area contributed by atoms with Gasteiger partial charge in [-0.2, -0.15) is 0 Å². The van der Waals surface area contributed by atoms with Crippen LogP contribution < -0.4 is 46.3 Å². The maximum atomic E-state index is 14.7. The highest BCUT2D eigenvalue weighted by molar-refractivity contribution is 7.90. The lowest BCUT2D eigenvalue weighted by Crippen LogP contribution is -2.64. The number of primary amides is 1. The van der Waals surface area contributed by atoms with Crippen molar-refractivity contribution in [2.75, 3.05) is 55.6 Å². The molecule has 0 aromatic heterocycles. The van der Waals surface area contributed by atoms with Crippen LogP contribution in [0.1, 0.15) is 92.6 Å². The van der Waals surface area contributed by atoms with Gasteiger partial charge in [0.1, 0.15) is 36.3 Å². The smallest absolute Gasteiger partial charge is 0.261 e. The third kappa shape index (κ3) is 16.5. The molecule has 1 aliphatic carbocycles. The number of hydrogen-bond acceptors (Lipinski definition) is 22. The summed E-state index contributed by atoms with van der Waals surface area (Å²) in [6.07, 6.45) is -7.19. The Kier molecular flexibility index (Phi) is 22.9. The Hall–Kier alpha value is -7.39. The van der Waals surface area contributed by atoms with E-state index in [2.05, 4.69) is 70.0 Å². The molecule has 5 aliphatic rings. The zero-order valence-corrected chi connectivity index (χ0v) is 49.4. The molecule has 480 valence electrons. The van der Waals surface area contributed by atoms with E-state index < -0.39 is 177 Å². The Bertz CT molecular complexity index is 2950. The normalized spacial score (nSPS) is 27.6. The molecule has 30 heteroatoms. The van der Waals surface area contributed by atoms with Crippen molar-refractivity contribution in [3.8, 4) is 11.5 Å². The average molecular weight is 1250 g/mol. The molecule has 5 fully saturated rings. The van der Waals surface area contributed by atoms with Gasteiger partial charge < -0.3 is 91.8 Å². The molecule has 0 radical (unpaired) electrons. The molecule has 88 heavy (non-hydrogen) atoms. The molecule has 8 rings (SSSR count). The molecule has 12 unspecified atom stereocenters. The third-order valence-electron chi connectivity index (χ3n) is 16.9. The number of rotatable bonds is 16. The summed E-state index contributed by atoms with van der Waals surface area (Å²) in [4.78, 5) is 120. The van der Waals surface area contributed by atoms with Crippen molar-refractivity contribution >= 4 is 71.0 Å². The van der Waals surface area contributed by atoms with Gasteiger partial charge in [-0.15, -0.1) is 0 Å². The SMILES string of the molecule is CC(O)C1NC(=O)[C@@H](NC(=O)c2ccc(N3CCN(c4ccc(C5CCCCC5)cc4)CC3)cc2)CC(O)CNC(=O)C2C(O)C(C)CN2C(=O)C(C(O)CC(N)=O)NC(=O)C(C(O)Cc2ccc(O)c(OSOOO)c2)NC(=O)C2CC(O)CN2C1=O. The Labute approximate surface area is 511 Å². The minimum Gasteiger partial charge on any atom is -0.504 e. The molecule has 3 aromatic rings. The highest BCUT2D eigenvalue weighted by Crippen LogP contribution is 2.35. The van der Waals surface area contributed by atoms with Crippen molar-refractivity contribution < 1.29 is 92.9 Å². The first-order valence-corrected chi connectivity index (χ1v) is 30.0. The second-order valence-electron chi connectivity index (χ2n) is 23.2. The predicted molar refractivity (Wildman–Crippen MR) is 313 cm³/mol. The summed E-state index contributed by atoms with van der Waals surface area (Å²) in [7, 11) is 0. The number of phenolic OH excluding ortho intramolecular Hbond substituents is 1. The Morgan fingerprint density at radius 3 is 1.97 bits per heavy atom. The number of nitrogens with zero attached hydrogens (tertiary/aromatic N) is 4. The largest absolute Gasteiger partial charge is 0.504 e. The number of hydrogen-bond donors (Lipinski definition) is 14. The summed E-state index contributed by atoms with van der Waals surface area (Å²) in [6.45, 7) is 3.83. The molecular formula is C58H78N10O19S. The molecule has 15 N–H and O–H groups in total. The standard InChI is InChI=1S/C58H78N10O19S/c1-30-28-68-50(51(30)76)56(81)60-27-38(70)24-40(61-52(77)35-11-15-37(16-12-35)66-20-18-65(19-21-66)36-13-9-34(10-14-36)33-6-4-3-5-7-33)53(78)62-47(31(2)69)57(82)67-29-39(71)25-41(67)54(79)63-48(55(80)64-49(58(68)83)44(74)26-46(59)75)43(73)22-32-8-17-42(72)45(23-32)85-88-87-86-84/h8-17,23,30-31,33,38-41,43-44,47-51,69-74,76,84H,3-7,18-22,24-29H2,1-2H3,(H2,59,75)(H,60,81)(H,61,77)(H,62,78)(H,63,79)(H,64,80)/t30?,31?,38?,39?,40-,41?,43?,44?,47?,48?,49?,50?,51?/m0/s1. The Balaban J connectivity index is 1.05. The summed E-state index contributed by atoms with van der Waals surface area (Å²) in [5.74, 6) is -10.3. The molecule has 0 spiro atoms.